The molecule has 0 saturated heterocycles. The van der Waals surface area contributed by atoms with Crippen LogP contribution >= 0.6 is 0 Å². The summed E-state index contributed by atoms with van der Waals surface area (Å²) >= 11 is 0. The van der Waals surface area contributed by atoms with Crippen molar-refractivity contribution in [2.45, 2.75) is 32.6 Å². The van der Waals surface area contributed by atoms with Gasteiger partial charge in [-0.15, -0.1) is 0 Å². The zero-order valence-electron chi connectivity index (χ0n) is 13.5. The average molecular weight is 307 g/mol. The van der Waals surface area contributed by atoms with Crippen LogP contribution in [0.4, 0.5) is 0 Å². The summed E-state index contributed by atoms with van der Waals surface area (Å²) in [4.78, 5) is 4.55. The molecule has 1 aromatic heterocycles. The van der Waals surface area contributed by atoms with Crippen LogP contribution in [0.5, 0.6) is 11.5 Å². The fraction of sp³-hybridized carbons (Fsp3) is 0.250. The SMILES string of the molecule is CC(C)c1ccc(CCc2ccc3cccc(O)c3n2)cc1O. The number of aryl methyl sites for hydroxylation is 2. The highest BCUT2D eigenvalue weighted by Gasteiger charge is 2.07. The largest absolute Gasteiger partial charge is 0.508 e. The second kappa shape index (κ2) is 6.29. The second-order valence-corrected chi connectivity index (χ2v) is 6.20. The minimum atomic E-state index is 0.211. The summed E-state index contributed by atoms with van der Waals surface area (Å²) in [5.41, 5.74) is 3.64. The van der Waals surface area contributed by atoms with Crippen LogP contribution < -0.4 is 0 Å². The van der Waals surface area contributed by atoms with Crippen molar-refractivity contribution < 1.29 is 10.2 Å². The summed E-state index contributed by atoms with van der Waals surface area (Å²) in [6.45, 7) is 4.14. The van der Waals surface area contributed by atoms with Gasteiger partial charge in [-0.25, -0.2) is 4.98 Å². The van der Waals surface area contributed by atoms with Gasteiger partial charge in [0.05, 0.1) is 0 Å². The number of hydrogen-bond acceptors (Lipinski definition) is 3. The molecule has 2 N–H and O–H groups in total. The molecule has 0 radical (unpaired) electrons. The molecule has 0 saturated carbocycles. The zero-order valence-corrected chi connectivity index (χ0v) is 13.5. The van der Waals surface area contributed by atoms with Gasteiger partial charge in [0.15, 0.2) is 0 Å². The van der Waals surface area contributed by atoms with E-state index in [-0.39, 0.29) is 5.75 Å². The first-order valence-corrected chi connectivity index (χ1v) is 7.94. The molecule has 23 heavy (non-hydrogen) atoms. The molecule has 118 valence electrons. The van der Waals surface area contributed by atoms with Gasteiger partial charge in [-0.3, -0.25) is 0 Å². The summed E-state index contributed by atoms with van der Waals surface area (Å²) in [7, 11) is 0. The predicted molar refractivity (Wildman–Crippen MR) is 93.0 cm³/mol. The summed E-state index contributed by atoms with van der Waals surface area (Å²) in [5, 5.41) is 20.9. The Morgan fingerprint density at radius 1 is 0.913 bits per heavy atom. The van der Waals surface area contributed by atoms with Gasteiger partial charge in [-0.2, -0.15) is 0 Å². The lowest BCUT2D eigenvalue weighted by molar-refractivity contribution is 0.464. The quantitative estimate of drug-likeness (QED) is 0.743. The van der Waals surface area contributed by atoms with E-state index in [1.807, 2.05) is 36.4 Å². The number of para-hydroxylation sites is 1. The first-order valence-electron chi connectivity index (χ1n) is 7.94. The van der Waals surface area contributed by atoms with Crippen LogP contribution in [-0.2, 0) is 12.8 Å². The van der Waals surface area contributed by atoms with Gasteiger partial charge in [0.2, 0.25) is 0 Å². The number of hydrogen-bond donors (Lipinski definition) is 2. The van der Waals surface area contributed by atoms with Crippen molar-refractivity contribution in [3.63, 3.8) is 0 Å². The molecule has 0 fully saturated rings. The smallest absolute Gasteiger partial charge is 0.141 e. The third-order valence-electron chi connectivity index (χ3n) is 4.14. The van der Waals surface area contributed by atoms with E-state index in [1.54, 1.807) is 6.07 Å². The topological polar surface area (TPSA) is 53.4 Å². The predicted octanol–water partition coefficient (Wildman–Crippen LogP) is 4.55. The molecule has 3 aromatic rings. The highest BCUT2D eigenvalue weighted by molar-refractivity contribution is 5.84. The lowest BCUT2D eigenvalue weighted by atomic mass is 9.98. The van der Waals surface area contributed by atoms with Crippen LogP contribution in [0.1, 0.15) is 36.6 Å². The van der Waals surface area contributed by atoms with E-state index in [4.69, 9.17) is 0 Å². The molecular weight excluding hydrogens is 286 g/mol. The van der Waals surface area contributed by atoms with Crippen molar-refractivity contribution in [2.75, 3.05) is 0 Å². The van der Waals surface area contributed by atoms with Crippen LogP contribution in [-0.4, -0.2) is 15.2 Å². The molecular formula is C20H21NO2. The number of nitrogens with zero attached hydrogens (tertiary/aromatic N) is 1. The minimum absolute atomic E-state index is 0.211. The molecule has 1 heterocycles. The van der Waals surface area contributed by atoms with Crippen molar-refractivity contribution in [3.05, 3.63) is 65.4 Å². The maximum absolute atomic E-state index is 10.1. The van der Waals surface area contributed by atoms with E-state index in [1.165, 1.54) is 0 Å². The molecule has 3 nitrogen and oxygen atoms in total. The first-order chi connectivity index (χ1) is 11.0. The Morgan fingerprint density at radius 2 is 1.74 bits per heavy atom. The molecule has 0 aliphatic rings. The van der Waals surface area contributed by atoms with Gasteiger partial charge >= 0.3 is 0 Å². The Balaban J connectivity index is 1.78. The third kappa shape index (κ3) is 3.29. The maximum Gasteiger partial charge on any atom is 0.141 e. The van der Waals surface area contributed by atoms with Crippen molar-refractivity contribution in [1.29, 1.82) is 0 Å². The molecule has 0 spiro atoms. The van der Waals surface area contributed by atoms with Gasteiger partial charge < -0.3 is 10.2 Å². The third-order valence-corrected chi connectivity index (χ3v) is 4.14. The summed E-state index contributed by atoms with van der Waals surface area (Å²) in [6, 6.07) is 15.3. The normalized spacial score (nSPS) is 11.3. The Labute approximate surface area is 136 Å². The summed E-state index contributed by atoms with van der Waals surface area (Å²) in [6.07, 6.45) is 1.57. The first kappa shape index (κ1) is 15.3. The lowest BCUT2D eigenvalue weighted by Gasteiger charge is -2.10. The Kier molecular flexibility index (Phi) is 4.20. The number of rotatable bonds is 4. The molecule has 3 heteroatoms. The van der Waals surface area contributed by atoms with Gasteiger partial charge in [-0.1, -0.05) is 44.2 Å². The van der Waals surface area contributed by atoms with Gasteiger partial charge in [0.25, 0.3) is 0 Å². The van der Waals surface area contributed by atoms with Crippen LogP contribution in [0.15, 0.2) is 48.5 Å². The molecule has 3 rings (SSSR count). The maximum atomic E-state index is 10.1. The number of fused-ring (bicyclic) bond motifs is 1. The van der Waals surface area contributed by atoms with E-state index in [0.717, 1.165) is 35.0 Å². The fourth-order valence-electron chi connectivity index (χ4n) is 2.82. The number of phenols is 2. The minimum Gasteiger partial charge on any atom is -0.508 e. The number of benzene rings is 2. The van der Waals surface area contributed by atoms with Crippen LogP contribution in [0.25, 0.3) is 10.9 Å². The number of pyridine rings is 1. The molecule has 0 bridgehead atoms. The highest BCUT2D eigenvalue weighted by atomic mass is 16.3. The molecule has 0 unspecified atom stereocenters. The van der Waals surface area contributed by atoms with Crippen molar-refractivity contribution in [3.8, 4) is 11.5 Å². The molecule has 2 aromatic carbocycles. The number of phenolic OH excluding ortho intramolecular Hbond substituents is 2. The number of aromatic hydroxyl groups is 2. The molecule has 0 aliphatic carbocycles. The Morgan fingerprint density at radius 3 is 2.48 bits per heavy atom. The fourth-order valence-corrected chi connectivity index (χ4v) is 2.82. The van der Waals surface area contributed by atoms with Crippen LogP contribution in [0, 0.1) is 0 Å². The van der Waals surface area contributed by atoms with Gasteiger partial charge in [0.1, 0.15) is 17.0 Å². The van der Waals surface area contributed by atoms with E-state index in [2.05, 4.69) is 24.9 Å². The van der Waals surface area contributed by atoms with E-state index in [9.17, 15) is 10.2 Å². The van der Waals surface area contributed by atoms with E-state index >= 15 is 0 Å². The van der Waals surface area contributed by atoms with Crippen LogP contribution in [0.2, 0.25) is 0 Å². The highest BCUT2D eigenvalue weighted by Crippen LogP contribution is 2.27. The van der Waals surface area contributed by atoms with E-state index < -0.39 is 0 Å². The van der Waals surface area contributed by atoms with Gasteiger partial charge in [0, 0.05) is 11.1 Å². The summed E-state index contributed by atoms with van der Waals surface area (Å²) < 4.78 is 0. The zero-order chi connectivity index (χ0) is 16.4. The van der Waals surface area contributed by atoms with Crippen molar-refractivity contribution in [1.82, 2.24) is 4.98 Å². The average Bonchev–Trinajstić information content (AvgIpc) is 2.53. The molecule has 0 aliphatic heterocycles. The summed E-state index contributed by atoms with van der Waals surface area (Å²) in [5.74, 6) is 0.888. The monoisotopic (exact) mass is 307 g/mol. The van der Waals surface area contributed by atoms with Crippen molar-refractivity contribution in [2.24, 2.45) is 0 Å². The molecule has 0 atom stereocenters. The Bertz CT molecular complexity index is 840. The standard InChI is InChI=1S/C20H21NO2/c1-13(2)17-11-7-14(12-19(17)23)6-9-16-10-8-15-4-3-5-18(22)20(15)21-16/h3-5,7-8,10-13,22-23H,6,9H2,1-2H3. The van der Waals surface area contributed by atoms with Crippen LogP contribution in [0.3, 0.4) is 0 Å². The lowest BCUT2D eigenvalue weighted by Crippen LogP contribution is -1.96. The Hall–Kier alpha value is -2.55. The molecule has 0 amide bonds. The van der Waals surface area contributed by atoms with Gasteiger partial charge in [-0.05, 0) is 48.1 Å². The van der Waals surface area contributed by atoms with Crippen molar-refractivity contribution >= 4 is 10.9 Å². The van der Waals surface area contributed by atoms with E-state index in [0.29, 0.717) is 17.2 Å². The second-order valence-electron chi connectivity index (χ2n) is 6.20. The number of aromatic nitrogens is 1.